The Morgan fingerprint density at radius 2 is 0.935 bits per heavy atom. The average Bonchev–Trinajstić information content (AvgIpc) is 2.68. The van der Waals surface area contributed by atoms with Gasteiger partial charge in [-0.15, -0.1) is 0 Å². The predicted molar refractivity (Wildman–Crippen MR) is 139 cm³/mol. The fourth-order valence-corrected chi connectivity index (χ4v) is 3.85. The van der Waals surface area contributed by atoms with Crippen molar-refractivity contribution in [2.24, 2.45) is 9.98 Å². The van der Waals surface area contributed by atoms with E-state index in [1.54, 1.807) is 0 Å². The molecule has 2 aromatic rings. The van der Waals surface area contributed by atoms with Gasteiger partial charge < -0.3 is 5.73 Å². The zero-order valence-electron chi connectivity index (χ0n) is 21.2. The molecule has 0 spiro atoms. The van der Waals surface area contributed by atoms with E-state index in [4.69, 9.17) is 15.7 Å². The number of para-hydroxylation sites is 1. The van der Waals surface area contributed by atoms with Crippen LogP contribution in [0.2, 0.25) is 0 Å². The van der Waals surface area contributed by atoms with E-state index in [0.717, 1.165) is 28.5 Å². The number of rotatable bonds is 7. The van der Waals surface area contributed by atoms with E-state index in [2.05, 4.69) is 99.6 Å². The molecule has 168 valence electrons. The molecule has 0 aliphatic rings. The topological polar surface area (TPSA) is 50.7 Å². The third-order valence-electron chi connectivity index (χ3n) is 5.86. The Bertz CT molecular complexity index is 920. The number of nitrogen functional groups attached to an aromatic ring is 1. The molecule has 0 aliphatic heterocycles. The minimum absolute atomic E-state index is 0.346. The maximum absolute atomic E-state index is 6.21. The maximum atomic E-state index is 6.21. The Morgan fingerprint density at radius 3 is 1.26 bits per heavy atom. The molecule has 2 aromatic carbocycles. The highest BCUT2D eigenvalue weighted by molar-refractivity contribution is 6.41. The summed E-state index contributed by atoms with van der Waals surface area (Å²) >= 11 is 0. The summed E-state index contributed by atoms with van der Waals surface area (Å²) in [5.74, 6) is 1.53. The standard InChI is InChI=1S/C28H41N3/c1-16(2)23-12-11-13-24(17(3)4)27(23)30-20(9)21(10)31-28-25(18(5)6)14-22(29)15-26(28)19(7)8/h11-19H,29H2,1-10H3. The molecule has 0 radical (unpaired) electrons. The lowest BCUT2D eigenvalue weighted by Gasteiger charge is -2.19. The molecule has 0 heterocycles. The van der Waals surface area contributed by atoms with E-state index in [9.17, 15) is 0 Å². The third-order valence-corrected chi connectivity index (χ3v) is 5.86. The van der Waals surface area contributed by atoms with Gasteiger partial charge in [-0.3, -0.25) is 9.98 Å². The van der Waals surface area contributed by atoms with Crippen LogP contribution in [-0.4, -0.2) is 11.4 Å². The number of hydrogen-bond donors (Lipinski definition) is 1. The highest BCUT2D eigenvalue weighted by Gasteiger charge is 2.17. The smallest absolute Gasteiger partial charge is 0.0704 e. The molecule has 0 atom stereocenters. The molecule has 2 N–H and O–H groups in total. The number of benzene rings is 2. The summed E-state index contributed by atoms with van der Waals surface area (Å²) in [5, 5.41) is 0. The van der Waals surface area contributed by atoms with Crippen LogP contribution in [0, 0.1) is 0 Å². The monoisotopic (exact) mass is 419 g/mol. The first kappa shape index (κ1) is 24.8. The maximum Gasteiger partial charge on any atom is 0.0704 e. The first-order valence-corrected chi connectivity index (χ1v) is 11.6. The predicted octanol–water partition coefficient (Wildman–Crippen LogP) is 8.65. The summed E-state index contributed by atoms with van der Waals surface area (Å²) in [6, 6.07) is 10.7. The van der Waals surface area contributed by atoms with Crippen molar-refractivity contribution < 1.29 is 0 Å². The average molecular weight is 420 g/mol. The van der Waals surface area contributed by atoms with Crippen LogP contribution in [-0.2, 0) is 0 Å². The van der Waals surface area contributed by atoms with Gasteiger partial charge in [0.05, 0.1) is 22.8 Å². The summed E-state index contributed by atoms with van der Waals surface area (Å²) < 4.78 is 0. The highest BCUT2D eigenvalue weighted by atomic mass is 14.8. The normalized spacial score (nSPS) is 13.2. The number of nitrogens with two attached hydrogens (primary N) is 1. The lowest BCUT2D eigenvalue weighted by atomic mass is 9.92. The zero-order valence-corrected chi connectivity index (χ0v) is 21.2. The van der Waals surface area contributed by atoms with Gasteiger partial charge in [-0.1, -0.05) is 73.6 Å². The van der Waals surface area contributed by atoms with E-state index in [0.29, 0.717) is 23.7 Å². The van der Waals surface area contributed by atoms with Gasteiger partial charge in [-0.05, 0) is 71.9 Å². The van der Waals surface area contributed by atoms with Crippen molar-refractivity contribution in [1.82, 2.24) is 0 Å². The SMILES string of the molecule is CC(=Nc1c(C(C)C)cccc1C(C)C)C(C)=Nc1c(C(C)C)cc(N)cc1C(C)C. The van der Waals surface area contributed by atoms with Crippen molar-refractivity contribution in [3.8, 4) is 0 Å². The second kappa shape index (κ2) is 10.3. The van der Waals surface area contributed by atoms with Crippen LogP contribution in [0.3, 0.4) is 0 Å². The van der Waals surface area contributed by atoms with Crippen molar-refractivity contribution in [2.45, 2.75) is 92.9 Å². The van der Waals surface area contributed by atoms with Crippen LogP contribution in [0.5, 0.6) is 0 Å². The highest BCUT2D eigenvalue weighted by Crippen LogP contribution is 2.38. The summed E-state index contributed by atoms with van der Waals surface area (Å²) in [7, 11) is 0. The number of anilines is 1. The van der Waals surface area contributed by atoms with Crippen LogP contribution < -0.4 is 5.73 Å². The van der Waals surface area contributed by atoms with E-state index < -0.39 is 0 Å². The summed E-state index contributed by atoms with van der Waals surface area (Å²) in [5.41, 5.74) is 16.0. The van der Waals surface area contributed by atoms with Crippen LogP contribution in [0.4, 0.5) is 17.1 Å². The number of aliphatic imine (C=N–C) groups is 2. The van der Waals surface area contributed by atoms with E-state index in [1.165, 1.54) is 22.3 Å². The Labute approximate surface area is 189 Å². The first-order valence-electron chi connectivity index (χ1n) is 11.6. The quantitative estimate of drug-likeness (QED) is 0.354. The lowest BCUT2D eigenvalue weighted by Crippen LogP contribution is -2.08. The van der Waals surface area contributed by atoms with Crippen LogP contribution in [0.25, 0.3) is 0 Å². The van der Waals surface area contributed by atoms with Gasteiger partial charge in [0.15, 0.2) is 0 Å². The van der Waals surface area contributed by atoms with Gasteiger partial charge in [-0.2, -0.15) is 0 Å². The second-order valence-electron chi connectivity index (χ2n) is 9.85. The van der Waals surface area contributed by atoms with Crippen molar-refractivity contribution in [3.05, 3.63) is 52.6 Å². The molecule has 3 heteroatoms. The van der Waals surface area contributed by atoms with Gasteiger partial charge in [0.25, 0.3) is 0 Å². The fourth-order valence-electron chi connectivity index (χ4n) is 3.85. The van der Waals surface area contributed by atoms with Gasteiger partial charge in [0.1, 0.15) is 0 Å². The summed E-state index contributed by atoms with van der Waals surface area (Å²) in [6.07, 6.45) is 0. The molecule has 0 saturated carbocycles. The molecule has 2 rings (SSSR count). The van der Waals surface area contributed by atoms with E-state index >= 15 is 0 Å². The molecule has 3 nitrogen and oxygen atoms in total. The van der Waals surface area contributed by atoms with Gasteiger partial charge in [0.2, 0.25) is 0 Å². The molecular formula is C28H41N3. The minimum atomic E-state index is 0.346. The first-order chi connectivity index (χ1) is 14.4. The zero-order chi connectivity index (χ0) is 23.5. The summed E-state index contributed by atoms with van der Waals surface area (Å²) in [6.45, 7) is 21.8. The molecule has 0 fully saturated rings. The van der Waals surface area contributed by atoms with E-state index in [1.807, 2.05) is 0 Å². The number of hydrogen-bond acceptors (Lipinski definition) is 3. The Hall–Kier alpha value is -2.42. The number of nitrogens with zero attached hydrogens (tertiary/aromatic N) is 2. The molecule has 0 bridgehead atoms. The molecule has 0 unspecified atom stereocenters. The van der Waals surface area contributed by atoms with E-state index in [-0.39, 0.29) is 0 Å². The molecule has 31 heavy (non-hydrogen) atoms. The van der Waals surface area contributed by atoms with Crippen molar-refractivity contribution in [3.63, 3.8) is 0 Å². The second-order valence-corrected chi connectivity index (χ2v) is 9.85. The molecule has 0 aliphatic carbocycles. The molecular weight excluding hydrogens is 378 g/mol. The van der Waals surface area contributed by atoms with Crippen LogP contribution in [0.15, 0.2) is 40.3 Å². The Morgan fingerprint density at radius 1 is 0.613 bits per heavy atom. The van der Waals surface area contributed by atoms with Gasteiger partial charge >= 0.3 is 0 Å². The van der Waals surface area contributed by atoms with Gasteiger partial charge in [-0.25, -0.2) is 0 Å². The van der Waals surface area contributed by atoms with Crippen LogP contribution in [0.1, 0.15) is 115 Å². The van der Waals surface area contributed by atoms with Crippen molar-refractivity contribution >= 4 is 28.5 Å². The summed E-state index contributed by atoms with van der Waals surface area (Å²) in [4.78, 5) is 10.2. The Balaban J connectivity index is 2.67. The van der Waals surface area contributed by atoms with Crippen LogP contribution >= 0.6 is 0 Å². The lowest BCUT2D eigenvalue weighted by molar-refractivity contribution is 0.834. The third kappa shape index (κ3) is 5.84. The van der Waals surface area contributed by atoms with Crippen molar-refractivity contribution in [1.29, 1.82) is 0 Å². The Kier molecular flexibility index (Phi) is 8.22. The molecule has 0 aromatic heterocycles. The molecule has 0 saturated heterocycles. The fraction of sp³-hybridized carbons (Fsp3) is 0.500. The largest absolute Gasteiger partial charge is 0.399 e. The van der Waals surface area contributed by atoms with Gasteiger partial charge in [0, 0.05) is 5.69 Å². The minimum Gasteiger partial charge on any atom is -0.399 e. The van der Waals surface area contributed by atoms with Crippen molar-refractivity contribution in [2.75, 3.05) is 5.73 Å². The molecule has 0 amide bonds.